The molecule has 1 aromatic rings. The Balaban J connectivity index is 3.33. The number of aromatic nitrogens is 1. The van der Waals surface area contributed by atoms with Gasteiger partial charge in [-0.3, -0.25) is 10.1 Å². The molecule has 0 amide bonds. The fourth-order valence-electron chi connectivity index (χ4n) is 1.41. The van der Waals surface area contributed by atoms with Crippen molar-refractivity contribution < 1.29 is 4.92 Å². The van der Waals surface area contributed by atoms with E-state index in [-0.39, 0.29) is 16.8 Å². The van der Waals surface area contributed by atoms with Crippen LogP contribution in [0.2, 0.25) is 5.15 Å². The van der Waals surface area contributed by atoms with Crippen LogP contribution in [-0.4, -0.2) is 16.5 Å². The highest BCUT2D eigenvalue weighted by Gasteiger charge is 2.21. The third kappa shape index (κ3) is 2.68. The minimum Gasteiger partial charge on any atom is -0.330 e. The van der Waals surface area contributed by atoms with E-state index in [2.05, 4.69) is 4.98 Å². The lowest BCUT2D eigenvalue weighted by Gasteiger charge is -2.08. The predicted molar refractivity (Wildman–Crippen MR) is 62.7 cm³/mol. The highest BCUT2D eigenvalue weighted by atomic mass is 35.5. The number of nitrogens with two attached hydrogens (primary N) is 1. The van der Waals surface area contributed by atoms with Gasteiger partial charge in [-0.05, 0) is 24.9 Å². The van der Waals surface area contributed by atoms with Crippen molar-refractivity contribution in [3.05, 3.63) is 32.6 Å². The first-order chi connectivity index (χ1) is 7.47. The van der Waals surface area contributed by atoms with Crippen LogP contribution in [0.3, 0.4) is 0 Å². The van der Waals surface area contributed by atoms with Crippen molar-refractivity contribution in [2.75, 3.05) is 6.54 Å². The molecule has 1 rings (SSSR count). The summed E-state index contributed by atoms with van der Waals surface area (Å²) in [7, 11) is 0. The summed E-state index contributed by atoms with van der Waals surface area (Å²) in [6, 6.07) is 1.71. The maximum Gasteiger partial charge on any atom is 0.309 e. The molecule has 1 heterocycles. The number of nitro groups is 1. The summed E-state index contributed by atoms with van der Waals surface area (Å²) in [6.45, 7) is 4.26. The van der Waals surface area contributed by atoms with Gasteiger partial charge in [0.15, 0.2) is 0 Å². The zero-order valence-electron chi connectivity index (χ0n) is 9.24. The maximum atomic E-state index is 10.8. The second kappa shape index (κ2) is 5.23. The third-order valence-corrected chi connectivity index (χ3v) is 2.50. The van der Waals surface area contributed by atoms with E-state index in [1.54, 1.807) is 6.07 Å². The lowest BCUT2D eigenvalue weighted by atomic mass is 10.0. The zero-order valence-corrected chi connectivity index (χ0v) is 9.99. The van der Waals surface area contributed by atoms with Gasteiger partial charge in [-0.15, -0.1) is 0 Å². The van der Waals surface area contributed by atoms with Gasteiger partial charge in [0, 0.05) is 11.3 Å². The molecule has 0 unspecified atom stereocenters. The van der Waals surface area contributed by atoms with Gasteiger partial charge in [-0.25, -0.2) is 4.98 Å². The number of rotatable bonds is 4. The highest BCUT2D eigenvalue weighted by molar-refractivity contribution is 6.31. The summed E-state index contributed by atoms with van der Waals surface area (Å²) < 4.78 is 0. The summed E-state index contributed by atoms with van der Waals surface area (Å²) >= 11 is 5.82. The minimum absolute atomic E-state index is 0.0559. The summed E-state index contributed by atoms with van der Waals surface area (Å²) in [4.78, 5) is 14.3. The van der Waals surface area contributed by atoms with Crippen LogP contribution in [0, 0.1) is 10.1 Å². The molecule has 6 heteroatoms. The zero-order chi connectivity index (χ0) is 12.3. The molecular weight excluding hydrogens is 230 g/mol. The lowest BCUT2D eigenvalue weighted by molar-refractivity contribution is -0.385. The van der Waals surface area contributed by atoms with Gasteiger partial charge in [0.25, 0.3) is 0 Å². The van der Waals surface area contributed by atoms with E-state index in [9.17, 15) is 10.1 Å². The van der Waals surface area contributed by atoms with E-state index in [1.807, 2.05) is 13.8 Å². The van der Waals surface area contributed by atoms with Gasteiger partial charge < -0.3 is 5.73 Å². The first-order valence-corrected chi connectivity index (χ1v) is 5.39. The summed E-state index contributed by atoms with van der Waals surface area (Å²) in [5, 5.41) is 10.8. The second-order valence-electron chi connectivity index (χ2n) is 3.80. The van der Waals surface area contributed by atoms with Gasteiger partial charge in [0.1, 0.15) is 0 Å². The topological polar surface area (TPSA) is 82.0 Å². The molecule has 1 aromatic heterocycles. The number of halogens is 1. The van der Waals surface area contributed by atoms with E-state index in [4.69, 9.17) is 17.3 Å². The van der Waals surface area contributed by atoms with Gasteiger partial charge in [-0.2, -0.15) is 0 Å². The molecule has 0 saturated heterocycles. The first kappa shape index (κ1) is 12.9. The molecule has 0 atom stereocenters. The molecule has 0 spiro atoms. The SMILES string of the molecule is CC(C)c1cc(CCN)c([N+](=O)[O-])c(Cl)n1. The van der Waals surface area contributed by atoms with Crippen molar-refractivity contribution in [3.63, 3.8) is 0 Å². The Morgan fingerprint density at radius 3 is 2.69 bits per heavy atom. The third-order valence-electron chi connectivity index (χ3n) is 2.24. The van der Waals surface area contributed by atoms with Gasteiger partial charge in [0.05, 0.1) is 4.92 Å². The smallest absolute Gasteiger partial charge is 0.309 e. The minimum atomic E-state index is -0.509. The summed E-state index contributed by atoms with van der Waals surface area (Å²) in [5.74, 6) is 0.176. The Morgan fingerprint density at radius 2 is 2.25 bits per heavy atom. The Morgan fingerprint density at radius 1 is 1.62 bits per heavy atom. The van der Waals surface area contributed by atoms with Crippen molar-refractivity contribution >= 4 is 17.3 Å². The largest absolute Gasteiger partial charge is 0.330 e. The van der Waals surface area contributed by atoms with Crippen LogP contribution in [0.25, 0.3) is 0 Å². The molecule has 0 aliphatic heterocycles. The molecular formula is C10H14ClN3O2. The van der Waals surface area contributed by atoms with Crippen LogP contribution in [0.4, 0.5) is 5.69 Å². The van der Waals surface area contributed by atoms with E-state index >= 15 is 0 Å². The van der Waals surface area contributed by atoms with Crippen molar-refractivity contribution in [2.24, 2.45) is 5.73 Å². The van der Waals surface area contributed by atoms with Crippen LogP contribution < -0.4 is 5.73 Å². The van der Waals surface area contributed by atoms with Crippen molar-refractivity contribution in [1.29, 1.82) is 0 Å². The molecule has 0 fully saturated rings. The average molecular weight is 244 g/mol. The summed E-state index contributed by atoms with van der Waals surface area (Å²) in [6.07, 6.45) is 0.429. The Hall–Kier alpha value is -1.20. The number of nitrogens with zero attached hydrogens (tertiary/aromatic N) is 2. The van der Waals surface area contributed by atoms with E-state index in [0.717, 1.165) is 5.69 Å². The normalized spacial score (nSPS) is 10.8. The molecule has 88 valence electrons. The molecule has 0 radical (unpaired) electrons. The summed E-state index contributed by atoms with van der Waals surface area (Å²) in [5.41, 5.74) is 6.59. The van der Waals surface area contributed by atoms with Crippen molar-refractivity contribution in [1.82, 2.24) is 4.98 Å². The van der Waals surface area contributed by atoms with Crippen LogP contribution in [0.1, 0.15) is 31.0 Å². The molecule has 0 aliphatic carbocycles. The molecule has 0 saturated carbocycles. The van der Waals surface area contributed by atoms with Crippen molar-refractivity contribution in [2.45, 2.75) is 26.2 Å². The van der Waals surface area contributed by atoms with Gasteiger partial charge in [-0.1, -0.05) is 25.4 Å². The Kier molecular flexibility index (Phi) is 4.20. The van der Waals surface area contributed by atoms with Crippen LogP contribution in [0.5, 0.6) is 0 Å². The van der Waals surface area contributed by atoms with E-state index < -0.39 is 4.92 Å². The molecule has 5 nitrogen and oxygen atoms in total. The average Bonchev–Trinajstić information content (AvgIpc) is 2.16. The van der Waals surface area contributed by atoms with E-state index in [0.29, 0.717) is 18.5 Å². The second-order valence-corrected chi connectivity index (χ2v) is 4.15. The fourth-order valence-corrected chi connectivity index (χ4v) is 1.70. The monoisotopic (exact) mass is 243 g/mol. The number of hydrogen-bond acceptors (Lipinski definition) is 4. The number of hydrogen-bond donors (Lipinski definition) is 1. The van der Waals surface area contributed by atoms with Crippen LogP contribution in [0.15, 0.2) is 6.07 Å². The fraction of sp³-hybridized carbons (Fsp3) is 0.500. The lowest BCUT2D eigenvalue weighted by Crippen LogP contribution is -2.08. The first-order valence-electron chi connectivity index (χ1n) is 5.01. The molecule has 0 aliphatic rings. The number of pyridine rings is 1. The quantitative estimate of drug-likeness (QED) is 0.500. The van der Waals surface area contributed by atoms with Gasteiger partial charge in [0.2, 0.25) is 5.15 Å². The van der Waals surface area contributed by atoms with Crippen molar-refractivity contribution in [3.8, 4) is 0 Å². The van der Waals surface area contributed by atoms with E-state index in [1.165, 1.54) is 0 Å². The van der Waals surface area contributed by atoms with Crippen LogP contribution >= 0.6 is 11.6 Å². The predicted octanol–water partition coefficient (Wildman–Crippen LogP) is 2.27. The molecule has 0 aromatic carbocycles. The molecule has 2 N–H and O–H groups in total. The van der Waals surface area contributed by atoms with Gasteiger partial charge >= 0.3 is 5.69 Å². The standard InChI is InChI=1S/C10H14ClN3O2/c1-6(2)8-5-7(3-4-12)9(14(15)16)10(11)13-8/h5-6H,3-4,12H2,1-2H3. The highest BCUT2D eigenvalue weighted by Crippen LogP contribution is 2.29. The maximum absolute atomic E-state index is 10.8. The van der Waals surface area contributed by atoms with Crippen LogP contribution in [-0.2, 0) is 6.42 Å². The molecule has 0 bridgehead atoms. The Bertz CT molecular complexity index is 407. The molecule has 16 heavy (non-hydrogen) atoms. The Labute approximate surface area is 98.8 Å².